The number of amides is 1. The van der Waals surface area contributed by atoms with E-state index in [0.717, 1.165) is 19.4 Å². The molecule has 0 aliphatic carbocycles. The van der Waals surface area contributed by atoms with Crippen molar-refractivity contribution >= 4 is 17.4 Å². The molecule has 1 saturated heterocycles. The van der Waals surface area contributed by atoms with Crippen molar-refractivity contribution in [1.82, 2.24) is 4.98 Å². The van der Waals surface area contributed by atoms with Gasteiger partial charge in [-0.2, -0.15) is 0 Å². The molecule has 98 valence electrons. The quantitative estimate of drug-likeness (QED) is 0.731. The van der Waals surface area contributed by atoms with Crippen LogP contribution in [0.5, 0.6) is 0 Å². The summed E-state index contributed by atoms with van der Waals surface area (Å²) < 4.78 is 5.58. The Balaban J connectivity index is 2.12. The maximum atomic E-state index is 11.1. The topological polar surface area (TPSA) is 103 Å². The molecular formula is C12H18N4O2. The number of anilines is 2. The molecule has 1 fully saturated rings. The highest BCUT2D eigenvalue weighted by Gasteiger charge is 2.23. The Kier molecular flexibility index (Phi) is 3.66. The molecule has 0 radical (unpaired) electrons. The van der Waals surface area contributed by atoms with Crippen LogP contribution in [0.25, 0.3) is 0 Å². The van der Waals surface area contributed by atoms with Crippen molar-refractivity contribution in [2.75, 3.05) is 17.7 Å². The standard InChI is InChI=1S/C12H18N4O2/c1-7(10-3-2-6-18-10)15-12-8(13)4-5-9(16-12)11(14)17/h4-5,7,10H,2-3,6,13H2,1H3,(H2,14,17)(H,15,16). The van der Waals surface area contributed by atoms with Crippen LogP contribution in [0.2, 0.25) is 0 Å². The lowest BCUT2D eigenvalue weighted by atomic mass is 10.1. The Morgan fingerprint density at radius 3 is 3.00 bits per heavy atom. The molecule has 1 aliphatic rings. The summed E-state index contributed by atoms with van der Waals surface area (Å²) in [4.78, 5) is 15.2. The molecule has 1 aromatic heterocycles. The Bertz CT molecular complexity index is 444. The Labute approximate surface area is 106 Å². The number of nitrogens with zero attached hydrogens (tertiary/aromatic N) is 1. The first-order valence-electron chi connectivity index (χ1n) is 6.02. The first kappa shape index (κ1) is 12.6. The van der Waals surface area contributed by atoms with Gasteiger partial charge in [0, 0.05) is 6.61 Å². The third-order valence-electron chi connectivity index (χ3n) is 3.07. The van der Waals surface area contributed by atoms with E-state index in [1.807, 2.05) is 6.92 Å². The monoisotopic (exact) mass is 250 g/mol. The highest BCUT2D eigenvalue weighted by atomic mass is 16.5. The SMILES string of the molecule is CC(Nc1nc(C(N)=O)ccc1N)C1CCCO1. The van der Waals surface area contributed by atoms with Gasteiger partial charge in [-0.1, -0.05) is 0 Å². The van der Waals surface area contributed by atoms with E-state index in [4.69, 9.17) is 16.2 Å². The van der Waals surface area contributed by atoms with Crippen LogP contribution >= 0.6 is 0 Å². The molecule has 6 heteroatoms. The maximum Gasteiger partial charge on any atom is 0.267 e. The number of pyridine rings is 1. The van der Waals surface area contributed by atoms with E-state index in [2.05, 4.69) is 10.3 Å². The highest BCUT2D eigenvalue weighted by Crippen LogP contribution is 2.21. The van der Waals surface area contributed by atoms with Gasteiger partial charge in [0.25, 0.3) is 5.91 Å². The summed E-state index contributed by atoms with van der Waals surface area (Å²) in [6.45, 7) is 2.80. The number of nitrogen functional groups attached to an aromatic ring is 1. The molecule has 0 bridgehead atoms. The minimum atomic E-state index is -0.567. The van der Waals surface area contributed by atoms with Crippen molar-refractivity contribution in [3.05, 3.63) is 17.8 Å². The van der Waals surface area contributed by atoms with Crippen molar-refractivity contribution in [3.63, 3.8) is 0 Å². The number of carbonyl (C=O) groups excluding carboxylic acids is 1. The molecule has 18 heavy (non-hydrogen) atoms. The Morgan fingerprint density at radius 2 is 2.39 bits per heavy atom. The van der Waals surface area contributed by atoms with E-state index >= 15 is 0 Å². The lowest BCUT2D eigenvalue weighted by Gasteiger charge is -2.21. The average molecular weight is 250 g/mol. The number of nitrogens with two attached hydrogens (primary N) is 2. The molecule has 2 unspecified atom stereocenters. The lowest BCUT2D eigenvalue weighted by Crippen LogP contribution is -2.31. The number of rotatable bonds is 4. The van der Waals surface area contributed by atoms with Crippen molar-refractivity contribution in [1.29, 1.82) is 0 Å². The van der Waals surface area contributed by atoms with Crippen LogP contribution in [0.3, 0.4) is 0 Å². The second kappa shape index (κ2) is 5.22. The van der Waals surface area contributed by atoms with Gasteiger partial charge in [-0.3, -0.25) is 4.79 Å². The van der Waals surface area contributed by atoms with Crippen molar-refractivity contribution in [2.45, 2.75) is 31.9 Å². The summed E-state index contributed by atoms with van der Waals surface area (Å²) in [6, 6.07) is 3.22. The van der Waals surface area contributed by atoms with Crippen LogP contribution < -0.4 is 16.8 Å². The predicted molar refractivity (Wildman–Crippen MR) is 69.2 cm³/mol. The summed E-state index contributed by atoms with van der Waals surface area (Å²) in [5.74, 6) is -0.0860. The zero-order valence-corrected chi connectivity index (χ0v) is 10.3. The summed E-state index contributed by atoms with van der Waals surface area (Å²) in [7, 11) is 0. The first-order valence-corrected chi connectivity index (χ1v) is 6.02. The third-order valence-corrected chi connectivity index (χ3v) is 3.07. The molecule has 1 aliphatic heterocycles. The van der Waals surface area contributed by atoms with Crippen LogP contribution in [0.1, 0.15) is 30.3 Å². The van der Waals surface area contributed by atoms with E-state index in [0.29, 0.717) is 11.5 Å². The molecule has 2 heterocycles. The predicted octanol–water partition coefficient (Wildman–Crippen LogP) is 0.742. The number of aromatic nitrogens is 1. The fourth-order valence-corrected chi connectivity index (χ4v) is 2.03. The third kappa shape index (κ3) is 2.70. The summed E-state index contributed by atoms with van der Waals surface area (Å²) in [6.07, 6.45) is 2.24. The lowest BCUT2D eigenvalue weighted by molar-refractivity contribution is 0.0993. The van der Waals surface area contributed by atoms with Crippen molar-refractivity contribution < 1.29 is 9.53 Å². The zero-order valence-electron chi connectivity index (χ0n) is 10.3. The minimum Gasteiger partial charge on any atom is -0.396 e. The van der Waals surface area contributed by atoms with Gasteiger partial charge in [-0.05, 0) is 31.9 Å². The molecule has 5 N–H and O–H groups in total. The number of hydrogen-bond acceptors (Lipinski definition) is 5. The number of ether oxygens (including phenoxy) is 1. The fourth-order valence-electron chi connectivity index (χ4n) is 2.03. The molecule has 1 amide bonds. The maximum absolute atomic E-state index is 11.1. The molecule has 2 rings (SSSR count). The van der Waals surface area contributed by atoms with Crippen LogP contribution in [0, 0.1) is 0 Å². The van der Waals surface area contributed by atoms with Crippen LogP contribution in [0.4, 0.5) is 11.5 Å². The van der Waals surface area contributed by atoms with E-state index in [1.165, 1.54) is 6.07 Å². The molecule has 0 spiro atoms. The second-order valence-electron chi connectivity index (χ2n) is 4.48. The van der Waals surface area contributed by atoms with Gasteiger partial charge in [0.05, 0.1) is 17.8 Å². The number of nitrogens with one attached hydrogen (secondary N) is 1. The molecule has 6 nitrogen and oxygen atoms in total. The largest absolute Gasteiger partial charge is 0.396 e. The van der Waals surface area contributed by atoms with Crippen LogP contribution in [0.15, 0.2) is 12.1 Å². The summed E-state index contributed by atoms with van der Waals surface area (Å²) in [5, 5.41) is 3.18. The van der Waals surface area contributed by atoms with E-state index in [9.17, 15) is 4.79 Å². The van der Waals surface area contributed by atoms with Gasteiger partial charge in [-0.25, -0.2) is 4.98 Å². The molecule has 0 saturated carbocycles. The number of hydrogen-bond donors (Lipinski definition) is 3. The smallest absolute Gasteiger partial charge is 0.267 e. The van der Waals surface area contributed by atoms with E-state index < -0.39 is 5.91 Å². The fraction of sp³-hybridized carbons (Fsp3) is 0.500. The van der Waals surface area contributed by atoms with Gasteiger partial charge in [0.15, 0.2) is 0 Å². The second-order valence-corrected chi connectivity index (χ2v) is 4.48. The summed E-state index contributed by atoms with van der Waals surface area (Å²) >= 11 is 0. The van der Waals surface area contributed by atoms with E-state index in [1.54, 1.807) is 6.07 Å². The molecule has 2 atom stereocenters. The first-order chi connectivity index (χ1) is 8.58. The molecular weight excluding hydrogens is 232 g/mol. The summed E-state index contributed by atoms with van der Waals surface area (Å²) in [5.41, 5.74) is 11.7. The highest BCUT2D eigenvalue weighted by molar-refractivity contribution is 5.91. The van der Waals surface area contributed by atoms with Gasteiger partial charge < -0.3 is 21.5 Å². The van der Waals surface area contributed by atoms with Gasteiger partial charge >= 0.3 is 0 Å². The zero-order chi connectivity index (χ0) is 13.1. The number of primary amides is 1. The van der Waals surface area contributed by atoms with Crippen molar-refractivity contribution in [3.8, 4) is 0 Å². The van der Waals surface area contributed by atoms with Crippen LogP contribution in [-0.2, 0) is 4.74 Å². The Morgan fingerprint density at radius 1 is 1.61 bits per heavy atom. The Hall–Kier alpha value is -1.82. The average Bonchev–Trinajstić information content (AvgIpc) is 2.85. The number of carbonyl (C=O) groups is 1. The van der Waals surface area contributed by atoms with Gasteiger partial charge in [0.1, 0.15) is 11.5 Å². The van der Waals surface area contributed by atoms with Gasteiger partial charge in [-0.15, -0.1) is 0 Å². The normalized spacial score (nSPS) is 20.6. The molecule has 1 aromatic rings. The van der Waals surface area contributed by atoms with Crippen LogP contribution in [-0.4, -0.2) is 29.6 Å². The van der Waals surface area contributed by atoms with E-state index in [-0.39, 0.29) is 17.8 Å². The van der Waals surface area contributed by atoms with Gasteiger partial charge in [0.2, 0.25) is 0 Å². The molecule has 0 aromatic carbocycles. The minimum absolute atomic E-state index is 0.0884. The van der Waals surface area contributed by atoms with Crippen molar-refractivity contribution in [2.24, 2.45) is 5.73 Å².